The maximum Gasteiger partial charge on any atom is 0.270 e. The minimum atomic E-state index is -1.26. The molecule has 2 aromatic rings. The number of anilines is 1. The fourth-order valence-electron chi connectivity index (χ4n) is 2.91. The van der Waals surface area contributed by atoms with E-state index in [1.54, 1.807) is 0 Å². The highest BCUT2D eigenvalue weighted by Crippen LogP contribution is 2.21. The molecule has 2 amide bonds. The summed E-state index contributed by atoms with van der Waals surface area (Å²) < 4.78 is 40.5. The van der Waals surface area contributed by atoms with Gasteiger partial charge in [-0.25, -0.2) is 13.2 Å². The van der Waals surface area contributed by atoms with Crippen molar-refractivity contribution in [2.24, 2.45) is 4.99 Å². The number of ketones is 1. The minimum Gasteiger partial charge on any atom is -0.354 e. The Balaban J connectivity index is 1.69. The van der Waals surface area contributed by atoms with Crippen molar-refractivity contribution >= 4 is 29.5 Å². The maximum absolute atomic E-state index is 13.7. The fraction of sp³-hybridized carbons (Fsp3) is 0.143. The van der Waals surface area contributed by atoms with Crippen LogP contribution in [-0.4, -0.2) is 30.9 Å². The molecular weight excluding hydrogens is 399 g/mol. The number of benzene rings is 2. The van der Waals surface area contributed by atoms with Crippen LogP contribution < -0.4 is 10.6 Å². The van der Waals surface area contributed by atoms with Crippen LogP contribution in [-0.2, 0) is 16.0 Å². The van der Waals surface area contributed by atoms with Crippen LogP contribution in [0, 0.1) is 17.5 Å². The molecule has 3 rings (SSSR count). The van der Waals surface area contributed by atoms with Crippen LogP contribution in [0.15, 0.2) is 52.7 Å². The molecule has 0 bridgehead atoms. The van der Waals surface area contributed by atoms with Crippen LogP contribution in [0.1, 0.15) is 22.3 Å². The van der Waals surface area contributed by atoms with E-state index in [2.05, 4.69) is 15.6 Å². The predicted octanol–water partition coefficient (Wildman–Crippen LogP) is 2.94. The molecule has 0 aromatic heterocycles. The van der Waals surface area contributed by atoms with Crippen LogP contribution in [0.5, 0.6) is 0 Å². The van der Waals surface area contributed by atoms with Gasteiger partial charge in [0.05, 0.1) is 11.1 Å². The van der Waals surface area contributed by atoms with E-state index in [1.807, 2.05) is 0 Å². The van der Waals surface area contributed by atoms with Crippen molar-refractivity contribution in [1.29, 1.82) is 0 Å². The molecule has 154 valence electrons. The molecule has 1 heterocycles. The smallest absolute Gasteiger partial charge is 0.270 e. The molecule has 0 spiro atoms. The largest absolute Gasteiger partial charge is 0.354 e. The van der Waals surface area contributed by atoms with E-state index in [1.165, 1.54) is 37.5 Å². The monoisotopic (exact) mass is 415 g/mol. The highest BCUT2D eigenvalue weighted by atomic mass is 19.1. The third kappa shape index (κ3) is 4.45. The van der Waals surface area contributed by atoms with Crippen molar-refractivity contribution in [2.75, 3.05) is 12.4 Å². The second-order valence-electron chi connectivity index (χ2n) is 6.42. The van der Waals surface area contributed by atoms with Gasteiger partial charge in [-0.2, -0.15) is 0 Å². The first-order valence-electron chi connectivity index (χ1n) is 8.86. The molecule has 1 aliphatic rings. The van der Waals surface area contributed by atoms with E-state index in [9.17, 15) is 27.6 Å². The molecule has 0 radical (unpaired) electrons. The summed E-state index contributed by atoms with van der Waals surface area (Å²) >= 11 is 0. The number of nitrogens with one attached hydrogen (secondary N) is 2. The lowest BCUT2D eigenvalue weighted by Gasteiger charge is -2.09. The Morgan fingerprint density at radius 3 is 2.23 bits per heavy atom. The number of likely N-dealkylation sites (N-methyl/N-ethyl adjacent to an activating group) is 1. The lowest BCUT2D eigenvalue weighted by molar-refractivity contribution is -0.118. The average Bonchev–Trinajstić information content (AvgIpc) is 3.18. The van der Waals surface area contributed by atoms with Gasteiger partial charge in [-0.15, -0.1) is 0 Å². The van der Waals surface area contributed by atoms with Crippen LogP contribution in [0.4, 0.5) is 18.9 Å². The first-order chi connectivity index (χ1) is 14.3. The van der Waals surface area contributed by atoms with Crippen molar-refractivity contribution < 1.29 is 27.6 Å². The van der Waals surface area contributed by atoms with Gasteiger partial charge in [-0.05, 0) is 17.7 Å². The van der Waals surface area contributed by atoms with Crippen molar-refractivity contribution in [2.45, 2.75) is 12.8 Å². The van der Waals surface area contributed by atoms with Crippen LogP contribution in [0.25, 0.3) is 0 Å². The Kier molecular flexibility index (Phi) is 6.10. The van der Waals surface area contributed by atoms with E-state index in [4.69, 9.17) is 0 Å². The summed E-state index contributed by atoms with van der Waals surface area (Å²) in [5.74, 6) is -5.44. The number of hydrogen-bond acceptors (Lipinski definition) is 4. The van der Waals surface area contributed by atoms with Gasteiger partial charge >= 0.3 is 0 Å². The number of Topliss-reactive ketones (excluding diaryl/α,β-unsaturated/α-hetero) is 1. The number of nitrogens with zero attached hydrogens (tertiary/aromatic N) is 1. The average molecular weight is 415 g/mol. The Labute approximate surface area is 169 Å². The minimum absolute atomic E-state index is 0.0422. The van der Waals surface area contributed by atoms with Crippen molar-refractivity contribution in [3.05, 3.63) is 76.2 Å². The Morgan fingerprint density at radius 2 is 1.63 bits per heavy atom. The van der Waals surface area contributed by atoms with Crippen molar-refractivity contribution in [1.82, 2.24) is 5.32 Å². The molecule has 2 N–H and O–H groups in total. The van der Waals surface area contributed by atoms with E-state index < -0.39 is 40.6 Å². The summed E-state index contributed by atoms with van der Waals surface area (Å²) in [5.41, 5.74) is 0.293. The SMILES string of the molecule is CNC(=O)C1=C(C(=O)Nc2ccc(CC(=O)c3c(F)cc(F)cc3F)cc2)CC=N1. The van der Waals surface area contributed by atoms with Gasteiger partial charge in [0.1, 0.15) is 23.1 Å². The molecule has 0 saturated carbocycles. The second kappa shape index (κ2) is 8.73. The first-order valence-corrected chi connectivity index (χ1v) is 8.86. The van der Waals surface area contributed by atoms with Crippen molar-refractivity contribution in [3.8, 4) is 0 Å². The zero-order chi connectivity index (χ0) is 21.8. The maximum atomic E-state index is 13.7. The summed E-state index contributed by atoms with van der Waals surface area (Å²) in [7, 11) is 1.43. The van der Waals surface area contributed by atoms with E-state index >= 15 is 0 Å². The molecule has 30 heavy (non-hydrogen) atoms. The molecular formula is C21H16F3N3O3. The third-order valence-corrected chi connectivity index (χ3v) is 4.38. The third-order valence-electron chi connectivity index (χ3n) is 4.38. The lowest BCUT2D eigenvalue weighted by atomic mass is 10.0. The number of rotatable bonds is 6. The Morgan fingerprint density at radius 1 is 1.00 bits per heavy atom. The van der Waals surface area contributed by atoms with Gasteiger partial charge in [0.15, 0.2) is 5.78 Å². The second-order valence-corrected chi connectivity index (χ2v) is 6.42. The Bertz CT molecular complexity index is 1070. The number of amides is 2. The summed E-state index contributed by atoms with van der Waals surface area (Å²) in [6.45, 7) is 0. The topological polar surface area (TPSA) is 87.6 Å². The molecule has 0 aliphatic carbocycles. The molecule has 0 unspecified atom stereocenters. The quantitative estimate of drug-likeness (QED) is 0.712. The zero-order valence-electron chi connectivity index (χ0n) is 15.8. The summed E-state index contributed by atoms with van der Waals surface area (Å²) in [6, 6.07) is 6.92. The number of aliphatic imine (C=N–C) groups is 1. The van der Waals surface area contributed by atoms with Crippen LogP contribution >= 0.6 is 0 Å². The molecule has 0 fully saturated rings. The molecule has 9 heteroatoms. The predicted molar refractivity (Wildman–Crippen MR) is 104 cm³/mol. The molecule has 0 atom stereocenters. The highest BCUT2D eigenvalue weighted by Gasteiger charge is 2.23. The molecule has 6 nitrogen and oxygen atoms in total. The Hall–Kier alpha value is -3.75. The van der Waals surface area contributed by atoms with Gasteiger partial charge in [-0.1, -0.05) is 12.1 Å². The first kappa shape index (κ1) is 21.0. The highest BCUT2D eigenvalue weighted by molar-refractivity contribution is 6.13. The number of carbonyl (C=O) groups excluding carboxylic acids is 3. The van der Waals surface area contributed by atoms with Gasteiger partial charge in [0, 0.05) is 43.9 Å². The number of halogens is 3. The van der Waals surface area contributed by atoms with Crippen molar-refractivity contribution in [3.63, 3.8) is 0 Å². The molecule has 1 aliphatic heterocycles. The number of hydrogen-bond donors (Lipinski definition) is 2. The fourth-order valence-corrected chi connectivity index (χ4v) is 2.91. The van der Waals surface area contributed by atoms with Gasteiger partial charge in [-0.3, -0.25) is 19.4 Å². The van der Waals surface area contributed by atoms with Gasteiger partial charge < -0.3 is 10.6 Å². The lowest BCUT2D eigenvalue weighted by Crippen LogP contribution is -2.23. The number of carbonyl (C=O) groups is 3. The molecule has 0 saturated heterocycles. The van der Waals surface area contributed by atoms with E-state index in [0.717, 1.165) is 0 Å². The van der Waals surface area contributed by atoms with Gasteiger partial charge in [0.2, 0.25) is 0 Å². The normalized spacial score (nSPS) is 12.8. The van der Waals surface area contributed by atoms with Crippen LogP contribution in [0.3, 0.4) is 0 Å². The molecule has 2 aromatic carbocycles. The summed E-state index contributed by atoms with van der Waals surface area (Å²) in [6.07, 6.45) is 1.37. The summed E-state index contributed by atoms with van der Waals surface area (Å²) in [4.78, 5) is 40.2. The van der Waals surface area contributed by atoms with Gasteiger partial charge in [0.25, 0.3) is 11.8 Å². The van der Waals surface area contributed by atoms with E-state index in [0.29, 0.717) is 23.4 Å². The summed E-state index contributed by atoms with van der Waals surface area (Å²) in [5, 5.41) is 5.04. The van der Waals surface area contributed by atoms with Crippen LogP contribution in [0.2, 0.25) is 0 Å². The zero-order valence-corrected chi connectivity index (χ0v) is 15.8. The standard InChI is InChI=1S/C21H16F3N3O3/c1-25-21(30)19-14(6-7-26-19)20(29)27-13-4-2-11(3-5-13)8-17(28)18-15(23)9-12(22)10-16(18)24/h2-5,7,9-10H,6,8H2,1H3,(H,25,30)(H,27,29). The van der Waals surface area contributed by atoms with E-state index in [-0.39, 0.29) is 24.1 Å².